The Labute approximate surface area is 90.3 Å². The normalized spacial score (nSPS) is 10.0. The highest BCUT2D eigenvalue weighted by Crippen LogP contribution is 2.23. The van der Waals surface area contributed by atoms with Gasteiger partial charge >= 0.3 is 6.09 Å². The number of hydrogen-bond donors (Lipinski definition) is 2. The van der Waals surface area contributed by atoms with Gasteiger partial charge in [0.25, 0.3) is 0 Å². The van der Waals surface area contributed by atoms with Crippen molar-refractivity contribution in [3.8, 4) is 17.2 Å². The van der Waals surface area contributed by atoms with Crippen molar-refractivity contribution in [1.29, 1.82) is 0 Å². The molecule has 6 heteroatoms. The first kappa shape index (κ1) is 10.0. The van der Waals surface area contributed by atoms with E-state index >= 15 is 0 Å². The number of aromatic hydroxyl groups is 1. The molecule has 82 valence electrons. The van der Waals surface area contributed by atoms with E-state index < -0.39 is 6.09 Å². The Morgan fingerprint density at radius 2 is 2.19 bits per heavy atom. The summed E-state index contributed by atoms with van der Waals surface area (Å²) in [4.78, 5) is 10.5. The van der Waals surface area contributed by atoms with Crippen LogP contribution < -0.4 is 4.74 Å². The molecule has 0 radical (unpaired) electrons. The topological polar surface area (TPSA) is 84.6 Å². The number of aromatic nitrogens is 2. The second-order valence-electron chi connectivity index (χ2n) is 3.00. The summed E-state index contributed by atoms with van der Waals surface area (Å²) in [7, 11) is 0. The molecular formula is C10H8N2O4. The van der Waals surface area contributed by atoms with E-state index in [0.717, 1.165) is 4.68 Å². The minimum Gasteiger partial charge on any atom is -0.508 e. The monoisotopic (exact) mass is 220 g/mol. The average Bonchev–Trinajstić information content (AvgIpc) is 2.66. The summed E-state index contributed by atoms with van der Waals surface area (Å²) in [5.41, 5.74) is 0. The van der Waals surface area contributed by atoms with Gasteiger partial charge in [0.15, 0.2) is 5.75 Å². The van der Waals surface area contributed by atoms with E-state index in [0.29, 0.717) is 5.75 Å². The van der Waals surface area contributed by atoms with Crippen LogP contribution in [0.15, 0.2) is 36.7 Å². The lowest BCUT2D eigenvalue weighted by Crippen LogP contribution is -2.07. The van der Waals surface area contributed by atoms with Gasteiger partial charge in [0.2, 0.25) is 0 Å². The number of nitrogens with zero attached hydrogens (tertiary/aromatic N) is 2. The van der Waals surface area contributed by atoms with Gasteiger partial charge < -0.3 is 14.9 Å². The van der Waals surface area contributed by atoms with Crippen LogP contribution in [0.5, 0.6) is 17.2 Å². The minimum atomic E-state index is -1.19. The molecule has 0 aliphatic carbocycles. The maximum atomic E-state index is 10.5. The first-order valence-corrected chi connectivity index (χ1v) is 4.40. The highest BCUT2D eigenvalue weighted by atomic mass is 16.5. The van der Waals surface area contributed by atoms with Crippen LogP contribution in [0.25, 0.3) is 0 Å². The van der Waals surface area contributed by atoms with Gasteiger partial charge in [0.1, 0.15) is 11.5 Å². The summed E-state index contributed by atoms with van der Waals surface area (Å²) in [6.45, 7) is 0. The summed E-state index contributed by atoms with van der Waals surface area (Å²) in [6.07, 6.45) is 1.32. The molecule has 0 atom stereocenters. The van der Waals surface area contributed by atoms with Gasteiger partial charge in [-0.3, -0.25) is 0 Å². The zero-order chi connectivity index (χ0) is 11.5. The fraction of sp³-hybridized carbons (Fsp3) is 0. The molecule has 0 aliphatic rings. The Hall–Kier alpha value is -2.50. The van der Waals surface area contributed by atoms with Crippen LogP contribution in [0.3, 0.4) is 0 Å². The Kier molecular flexibility index (Phi) is 2.47. The number of benzene rings is 1. The van der Waals surface area contributed by atoms with Gasteiger partial charge in [-0.1, -0.05) is 6.07 Å². The summed E-state index contributed by atoms with van der Waals surface area (Å²) >= 11 is 0. The van der Waals surface area contributed by atoms with Gasteiger partial charge in [-0.25, -0.2) is 4.79 Å². The van der Waals surface area contributed by atoms with Crippen molar-refractivity contribution >= 4 is 6.09 Å². The SMILES string of the molecule is O=C(O)n1cc(Oc2cccc(O)c2)cn1. The molecule has 1 aromatic heterocycles. The molecule has 0 spiro atoms. The van der Waals surface area contributed by atoms with E-state index in [1.54, 1.807) is 12.1 Å². The van der Waals surface area contributed by atoms with E-state index in [1.165, 1.54) is 24.5 Å². The zero-order valence-corrected chi connectivity index (χ0v) is 8.07. The smallest absolute Gasteiger partial charge is 0.432 e. The lowest BCUT2D eigenvalue weighted by molar-refractivity contribution is 0.192. The first-order valence-electron chi connectivity index (χ1n) is 4.40. The van der Waals surface area contributed by atoms with Gasteiger partial charge in [0.05, 0.1) is 12.4 Å². The van der Waals surface area contributed by atoms with Gasteiger partial charge in [-0.15, -0.1) is 0 Å². The fourth-order valence-electron chi connectivity index (χ4n) is 1.15. The van der Waals surface area contributed by atoms with E-state index in [1.807, 2.05) is 0 Å². The van der Waals surface area contributed by atoms with E-state index in [9.17, 15) is 9.90 Å². The fourth-order valence-corrected chi connectivity index (χ4v) is 1.15. The molecule has 1 heterocycles. The third-order valence-corrected chi connectivity index (χ3v) is 1.81. The number of hydrogen-bond acceptors (Lipinski definition) is 4. The number of phenols is 1. The van der Waals surface area contributed by atoms with Crippen LogP contribution in [-0.4, -0.2) is 26.1 Å². The predicted molar refractivity (Wildman–Crippen MR) is 53.8 cm³/mol. The van der Waals surface area contributed by atoms with Crippen LogP contribution in [0.2, 0.25) is 0 Å². The number of ether oxygens (including phenoxy) is 1. The molecule has 16 heavy (non-hydrogen) atoms. The quantitative estimate of drug-likeness (QED) is 0.807. The average molecular weight is 220 g/mol. The van der Waals surface area contributed by atoms with Crippen molar-refractivity contribution in [2.24, 2.45) is 0 Å². The van der Waals surface area contributed by atoms with E-state index in [2.05, 4.69) is 5.10 Å². The van der Waals surface area contributed by atoms with E-state index in [4.69, 9.17) is 9.84 Å². The van der Waals surface area contributed by atoms with Crippen LogP contribution in [0, 0.1) is 0 Å². The van der Waals surface area contributed by atoms with Crippen LogP contribution >= 0.6 is 0 Å². The molecule has 0 bridgehead atoms. The first-order chi connectivity index (χ1) is 7.65. The molecule has 0 saturated heterocycles. The summed E-state index contributed by atoms with van der Waals surface area (Å²) < 4.78 is 6.02. The third kappa shape index (κ3) is 2.11. The van der Waals surface area contributed by atoms with Crippen molar-refractivity contribution in [3.63, 3.8) is 0 Å². The highest BCUT2D eigenvalue weighted by molar-refractivity contribution is 5.67. The molecule has 1 aromatic carbocycles. The van der Waals surface area contributed by atoms with Crippen molar-refractivity contribution in [1.82, 2.24) is 9.78 Å². The lowest BCUT2D eigenvalue weighted by Gasteiger charge is -2.01. The summed E-state index contributed by atoms with van der Waals surface area (Å²) in [6, 6.07) is 6.18. The molecule has 0 fully saturated rings. The molecule has 2 aromatic rings. The van der Waals surface area contributed by atoms with Crippen molar-refractivity contribution in [2.45, 2.75) is 0 Å². The molecule has 0 aliphatic heterocycles. The minimum absolute atomic E-state index is 0.0723. The number of carbonyl (C=O) groups is 1. The van der Waals surface area contributed by atoms with Gasteiger partial charge in [0, 0.05) is 6.07 Å². The Morgan fingerprint density at radius 3 is 2.81 bits per heavy atom. The zero-order valence-electron chi connectivity index (χ0n) is 8.07. The maximum absolute atomic E-state index is 10.5. The Bertz CT molecular complexity index is 521. The molecule has 2 N–H and O–H groups in total. The Balaban J connectivity index is 2.17. The largest absolute Gasteiger partial charge is 0.508 e. The second kappa shape index (κ2) is 3.93. The molecule has 0 amide bonds. The van der Waals surface area contributed by atoms with Gasteiger partial charge in [-0.05, 0) is 12.1 Å². The molecule has 6 nitrogen and oxygen atoms in total. The number of phenolic OH excluding ortho intramolecular Hbond substituents is 1. The van der Waals surface area contributed by atoms with Crippen molar-refractivity contribution < 1.29 is 19.7 Å². The third-order valence-electron chi connectivity index (χ3n) is 1.81. The van der Waals surface area contributed by atoms with Gasteiger partial charge in [-0.2, -0.15) is 9.78 Å². The summed E-state index contributed by atoms with van der Waals surface area (Å²) in [5.74, 6) is 0.765. The number of rotatable bonds is 2. The predicted octanol–water partition coefficient (Wildman–Crippen LogP) is 1.91. The molecular weight excluding hydrogens is 212 g/mol. The van der Waals surface area contributed by atoms with Crippen molar-refractivity contribution in [2.75, 3.05) is 0 Å². The molecule has 2 rings (SSSR count). The highest BCUT2D eigenvalue weighted by Gasteiger charge is 2.05. The van der Waals surface area contributed by atoms with Crippen molar-refractivity contribution in [3.05, 3.63) is 36.7 Å². The van der Waals surface area contributed by atoms with Crippen LogP contribution in [-0.2, 0) is 0 Å². The summed E-state index contributed by atoms with van der Waals surface area (Å²) in [5, 5.41) is 21.4. The Morgan fingerprint density at radius 1 is 1.38 bits per heavy atom. The molecule has 0 unspecified atom stereocenters. The lowest BCUT2D eigenvalue weighted by atomic mass is 10.3. The van der Waals surface area contributed by atoms with Crippen LogP contribution in [0.1, 0.15) is 0 Å². The number of carboxylic acid groups (broad SMARTS) is 1. The second-order valence-corrected chi connectivity index (χ2v) is 3.00. The maximum Gasteiger partial charge on any atom is 0.432 e. The van der Waals surface area contributed by atoms with E-state index in [-0.39, 0.29) is 11.5 Å². The standard InChI is InChI=1S/C10H8N2O4/c13-7-2-1-3-8(4-7)16-9-5-11-12(6-9)10(14)15/h1-6,13H,(H,14,15). The molecule has 0 saturated carbocycles. The van der Waals surface area contributed by atoms with Crippen LogP contribution in [0.4, 0.5) is 4.79 Å².